The largest absolute Gasteiger partial charge is 0.489 e. The molecule has 0 saturated heterocycles. The predicted octanol–water partition coefficient (Wildman–Crippen LogP) is 12.9. The quantitative estimate of drug-likeness (QED) is 0.0642. The Kier molecular flexibility index (Phi) is 16.3. The van der Waals surface area contributed by atoms with E-state index in [1.165, 1.54) is 18.4 Å². The second kappa shape index (κ2) is 19.7. The Morgan fingerprint density at radius 2 is 1.41 bits per heavy atom. The third-order valence-corrected chi connectivity index (χ3v) is 23.3. The van der Waals surface area contributed by atoms with E-state index >= 15 is 0 Å². The molecule has 1 aliphatic rings. The number of rotatable bonds is 20. The molecule has 6 nitrogen and oxygen atoms in total. The van der Waals surface area contributed by atoms with E-state index in [9.17, 15) is 8.42 Å². The third-order valence-electron chi connectivity index (χ3n) is 13.0. The highest BCUT2D eigenvalue weighted by atomic mass is 32.2. The van der Waals surface area contributed by atoms with E-state index < -0.39 is 26.8 Å². The highest BCUT2D eigenvalue weighted by molar-refractivity contribution is 7.86. The lowest BCUT2D eigenvalue weighted by Crippen LogP contribution is -2.46. The van der Waals surface area contributed by atoms with Gasteiger partial charge in [-0.15, -0.1) is 0 Å². The lowest BCUT2D eigenvalue weighted by molar-refractivity contribution is 0.0955. The first-order valence-corrected chi connectivity index (χ1v) is 28.4. The van der Waals surface area contributed by atoms with Gasteiger partial charge in [-0.05, 0) is 128 Å². The van der Waals surface area contributed by atoms with Gasteiger partial charge in [0.05, 0.1) is 11.5 Å². The van der Waals surface area contributed by atoms with Crippen LogP contribution in [-0.2, 0) is 36.2 Å². The summed E-state index contributed by atoms with van der Waals surface area (Å²) in [5.74, 6) is 1.18. The molecule has 1 saturated carbocycles. The minimum atomic E-state index is -3.94. The molecule has 56 heavy (non-hydrogen) atoms. The van der Waals surface area contributed by atoms with Crippen LogP contribution in [0.5, 0.6) is 5.75 Å². The van der Waals surface area contributed by atoms with Crippen LogP contribution in [-0.4, -0.2) is 43.9 Å². The topological polar surface area (TPSA) is 71.1 Å². The Hall–Kier alpha value is -2.28. The molecule has 3 aromatic carbocycles. The van der Waals surface area contributed by atoms with Crippen molar-refractivity contribution in [2.75, 3.05) is 6.61 Å². The number of unbranched alkanes of at least 4 members (excludes halogenated alkanes) is 2. The van der Waals surface area contributed by atoms with Crippen LogP contribution in [0.15, 0.2) is 83.8 Å². The number of hydrogen-bond donors (Lipinski definition) is 0. The maximum absolute atomic E-state index is 13.6. The summed E-state index contributed by atoms with van der Waals surface area (Å²) in [6, 6.07) is 25.6. The Balaban J connectivity index is 1.70. The van der Waals surface area contributed by atoms with Gasteiger partial charge >= 0.3 is 0 Å². The van der Waals surface area contributed by atoms with Crippen molar-refractivity contribution in [3.8, 4) is 5.75 Å². The van der Waals surface area contributed by atoms with Crippen LogP contribution in [0, 0.1) is 24.7 Å². The van der Waals surface area contributed by atoms with Crippen LogP contribution in [0.4, 0.5) is 0 Å². The minimum absolute atomic E-state index is 0.00162. The summed E-state index contributed by atoms with van der Waals surface area (Å²) in [4.78, 5) is 0.198. The van der Waals surface area contributed by atoms with Gasteiger partial charge in [0.15, 0.2) is 16.6 Å². The van der Waals surface area contributed by atoms with E-state index in [0.29, 0.717) is 6.61 Å². The van der Waals surface area contributed by atoms with Crippen molar-refractivity contribution < 1.29 is 26.2 Å². The van der Waals surface area contributed by atoms with E-state index in [1.807, 2.05) is 43.3 Å². The van der Waals surface area contributed by atoms with E-state index in [0.717, 1.165) is 55.4 Å². The van der Waals surface area contributed by atoms with Gasteiger partial charge in [0.2, 0.25) is 0 Å². The molecule has 4 rings (SSSR count). The standard InChI is InChI=1S/C47H74O6SSi2/c1-13-14-16-23-40(52-55(9,10)46(3,4)5)27-30-43-44(32-38-22-19-24-41(31-38)50-34-37-20-17-15-18-21-37)39(33-45(43)53-56(11,12)47(6,7)8)35-51-54(48,49)42-28-25-36(2)26-29-42/h15,17-22,24-26,28-29,31,39-40,43-45H,13-14,16,23,27,30,32-35H2,1-12H3/t39-,40-,43-,44-,45-/m1/s1. The maximum atomic E-state index is 13.6. The number of benzene rings is 3. The van der Waals surface area contributed by atoms with Crippen molar-refractivity contribution in [2.45, 2.75) is 167 Å². The molecule has 0 amide bonds. The molecule has 0 spiro atoms. The van der Waals surface area contributed by atoms with Crippen molar-refractivity contribution in [1.82, 2.24) is 0 Å². The van der Waals surface area contributed by atoms with Crippen LogP contribution in [0.2, 0.25) is 36.3 Å². The SMILES string of the molecule is CCCCC[C@H](CC[C@@H]1[C@H](Cc2cccc(OCc3ccccc3)c2)[C@@H](COS(=O)(=O)c2ccc(C)cc2)C[C@H]1O[Si](C)(C)C(C)(C)C)O[Si](C)(C)C(C)(C)C. The smallest absolute Gasteiger partial charge is 0.296 e. The van der Waals surface area contributed by atoms with Gasteiger partial charge < -0.3 is 13.6 Å². The van der Waals surface area contributed by atoms with E-state index in [-0.39, 0.29) is 51.5 Å². The van der Waals surface area contributed by atoms with Crippen molar-refractivity contribution >= 4 is 26.8 Å². The van der Waals surface area contributed by atoms with Crippen molar-refractivity contribution in [1.29, 1.82) is 0 Å². The lowest BCUT2D eigenvalue weighted by atomic mass is 9.81. The summed E-state index contributed by atoms with van der Waals surface area (Å²) < 4.78 is 54.1. The van der Waals surface area contributed by atoms with Gasteiger partial charge in [-0.2, -0.15) is 8.42 Å². The molecule has 0 aromatic heterocycles. The average Bonchev–Trinajstić information content (AvgIpc) is 3.42. The zero-order valence-corrected chi connectivity index (χ0v) is 39.6. The molecule has 0 bridgehead atoms. The summed E-state index contributed by atoms with van der Waals surface area (Å²) in [7, 11) is -8.13. The fourth-order valence-corrected chi connectivity index (χ4v) is 11.2. The van der Waals surface area contributed by atoms with E-state index in [4.69, 9.17) is 17.8 Å². The Morgan fingerprint density at radius 1 is 0.768 bits per heavy atom. The Labute approximate surface area is 343 Å². The summed E-state index contributed by atoms with van der Waals surface area (Å²) in [6.45, 7) is 28.1. The van der Waals surface area contributed by atoms with Crippen molar-refractivity contribution in [2.24, 2.45) is 17.8 Å². The van der Waals surface area contributed by atoms with Crippen molar-refractivity contribution in [3.63, 3.8) is 0 Å². The molecule has 0 heterocycles. The Bertz CT molecular complexity index is 1750. The molecule has 1 aliphatic carbocycles. The molecule has 1 fully saturated rings. The molecule has 3 aromatic rings. The van der Waals surface area contributed by atoms with E-state index in [1.54, 1.807) is 12.1 Å². The number of hydrogen-bond acceptors (Lipinski definition) is 6. The average molecular weight is 823 g/mol. The monoisotopic (exact) mass is 822 g/mol. The second-order valence-electron chi connectivity index (χ2n) is 19.5. The van der Waals surface area contributed by atoms with Gasteiger partial charge in [-0.1, -0.05) is 128 Å². The highest BCUT2D eigenvalue weighted by Crippen LogP contribution is 2.48. The first-order valence-electron chi connectivity index (χ1n) is 21.2. The lowest BCUT2D eigenvalue weighted by Gasteiger charge is -2.41. The van der Waals surface area contributed by atoms with Gasteiger partial charge in [-0.3, -0.25) is 4.18 Å². The zero-order valence-electron chi connectivity index (χ0n) is 36.8. The predicted molar refractivity (Wildman–Crippen MR) is 238 cm³/mol. The molecule has 312 valence electrons. The van der Waals surface area contributed by atoms with Crippen molar-refractivity contribution in [3.05, 3.63) is 95.6 Å². The molecule has 0 unspecified atom stereocenters. The molecular formula is C47H74O6SSi2. The fourth-order valence-electron chi connectivity index (χ4n) is 7.45. The highest BCUT2D eigenvalue weighted by Gasteiger charge is 2.49. The fraction of sp³-hybridized carbons (Fsp3) is 0.617. The first kappa shape index (κ1) is 46.4. The molecule has 9 heteroatoms. The van der Waals surface area contributed by atoms with Crippen LogP contribution in [0.25, 0.3) is 0 Å². The molecule has 0 radical (unpaired) electrons. The Morgan fingerprint density at radius 3 is 2.04 bits per heavy atom. The third kappa shape index (κ3) is 13.1. The first-order chi connectivity index (χ1) is 26.1. The molecular weight excluding hydrogens is 749 g/mol. The van der Waals surface area contributed by atoms with Gasteiger partial charge in [0.25, 0.3) is 10.1 Å². The number of aryl methyl sites for hydroxylation is 1. The summed E-state index contributed by atoms with van der Waals surface area (Å²) >= 11 is 0. The molecule has 0 aliphatic heterocycles. The molecule has 0 N–H and O–H groups in total. The van der Waals surface area contributed by atoms with Crippen LogP contribution < -0.4 is 4.74 Å². The summed E-state index contributed by atoms with van der Waals surface area (Å²) in [5.41, 5.74) is 3.32. The number of ether oxygens (including phenoxy) is 1. The van der Waals surface area contributed by atoms with Crippen LogP contribution in [0.1, 0.15) is 110 Å². The second-order valence-corrected chi connectivity index (χ2v) is 30.6. The van der Waals surface area contributed by atoms with Gasteiger partial charge in [-0.25, -0.2) is 0 Å². The zero-order chi connectivity index (χ0) is 41.4. The van der Waals surface area contributed by atoms with E-state index in [2.05, 4.69) is 105 Å². The van der Waals surface area contributed by atoms with Gasteiger partial charge in [0, 0.05) is 12.2 Å². The van der Waals surface area contributed by atoms with Crippen LogP contribution >= 0.6 is 0 Å². The van der Waals surface area contributed by atoms with Crippen LogP contribution in [0.3, 0.4) is 0 Å². The normalized spacial score (nSPS) is 20.3. The summed E-state index contributed by atoms with van der Waals surface area (Å²) in [5, 5.41) is 0.161. The molecule has 5 atom stereocenters. The van der Waals surface area contributed by atoms with Gasteiger partial charge in [0.1, 0.15) is 12.4 Å². The summed E-state index contributed by atoms with van der Waals surface area (Å²) in [6.07, 6.45) is 8.27. The maximum Gasteiger partial charge on any atom is 0.296 e. The minimum Gasteiger partial charge on any atom is -0.489 e.